The summed E-state index contributed by atoms with van der Waals surface area (Å²) < 4.78 is 10.7. The Kier molecular flexibility index (Phi) is 3.91. The molecule has 0 radical (unpaired) electrons. The minimum absolute atomic E-state index is 0.182. The molecule has 2 nitrogen and oxygen atoms in total. The Balaban J connectivity index is 2.97. The first kappa shape index (κ1) is 12.2. The predicted octanol–water partition coefficient (Wildman–Crippen LogP) is 3.59. The van der Waals surface area contributed by atoms with E-state index in [1.165, 1.54) is 0 Å². The highest BCUT2D eigenvalue weighted by Gasteiger charge is 2.15. The zero-order valence-electron chi connectivity index (χ0n) is 9.96. The average Bonchev–Trinajstić information content (AvgIpc) is 2.16. The van der Waals surface area contributed by atoms with Gasteiger partial charge in [-0.2, -0.15) is 0 Å². The second kappa shape index (κ2) is 4.79. The van der Waals surface area contributed by atoms with Gasteiger partial charge in [-0.05, 0) is 12.1 Å². The number of thioether (sulfide) groups is 1. The highest BCUT2D eigenvalue weighted by atomic mass is 32.2. The van der Waals surface area contributed by atoms with Crippen LogP contribution in [-0.4, -0.2) is 19.0 Å². The number of hydrogen-bond donors (Lipinski definition) is 0. The van der Waals surface area contributed by atoms with Crippen molar-refractivity contribution in [2.45, 2.75) is 30.4 Å². The minimum atomic E-state index is 0.182. The predicted molar refractivity (Wildman–Crippen MR) is 65.2 cm³/mol. The van der Waals surface area contributed by atoms with E-state index in [2.05, 4.69) is 20.8 Å². The zero-order chi connectivity index (χ0) is 11.5. The van der Waals surface area contributed by atoms with Crippen molar-refractivity contribution >= 4 is 11.8 Å². The van der Waals surface area contributed by atoms with E-state index in [-0.39, 0.29) is 4.75 Å². The van der Waals surface area contributed by atoms with E-state index >= 15 is 0 Å². The summed E-state index contributed by atoms with van der Waals surface area (Å²) in [6, 6.07) is 5.90. The zero-order valence-corrected chi connectivity index (χ0v) is 10.8. The second-order valence-electron chi connectivity index (χ2n) is 4.23. The number of benzene rings is 1. The van der Waals surface area contributed by atoms with E-state index in [1.54, 1.807) is 26.0 Å². The van der Waals surface area contributed by atoms with Crippen LogP contribution in [0.4, 0.5) is 0 Å². The monoisotopic (exact) mass is 226 g/mol. The van der Waals surface area contributed by atoms with Crippen LogP contribution in [0.2, 0.25) is 0 Å². The van der Waals surface area contributed by atoms with Crippen LogP contribution in [-0.2, 0) is 0 Å². The van der Waals surface area contributed by atoms with Crippen LogP contribution in [0.15, 0.2) is 23.1 Å². The van der Waals surface area contributed by atoms with Crippen LogP contribution in [0.5, 0.6) is 11.5 Å². The van der Waals surface area contributed by atoms with Crippen molar-refractivity contribution in [1.29, 1.82) is 0 Å². The van der Waals surface area contributed by atoms with E-state index in [4.69, 9.17) is 9.47 Å². The quantitative estimate of drug-likeness (QED) is 0.734. The van der Waals surface area contributed by atoms with Gasteiger partial charge in [-0.15, -0.1) is 11.8 Å². The van der Waals surface area contributed by atoms with Gasteiger partial charge in [-0.25, -0.2) is 0 Å². The van der Waals surface area contributed by atoms with Gasteiger partial charge in [0, 0.05) is 10.8 Å². The fourth-order valence-electron chi connectivity index (χ4n) is 1.19. The first-order chi connectivity index (χ1) is 6.96. The van der Waals surface area contributed by atoms with Crippen molar-refractivity contribution in [2.75, 3.05) is 14.2 Å². The molecule has 1 aromatic rings. The van der Waals surface area contributed by atoms with Crippen LogP contribution in [0.3, 0.4) is 0 Å². The van der Waals surface area contributed by atoms with Crippen molar-refractivity contribution in [3.8, 4) is 11.5 Å². The molecule has 1 rings (SSSR count). The van der Waals surface area contributed by atoms with Gasteiger partial charge in [-0.1, -0.05) is 20.8 Å². The molecule has 0 heterocycles. The molecule has 0 aliphatic rings. The van der Waals surface area contributed by atoms with E-state index in [9.17, 15) is 0 Å². The first-order valence-electron chi connectivity index (χ1n) is 4.87. The molecule has 0 saturated heterocycles. The van der Waals surface area contributed by atoms with Crippen molar-refractivity contribution in [3.05, 3.63) is 18.2 Å². The van der Waals surface area contributed by atoms with E-state index in [0.29, 0.717) is 0 Å². The van der Waals surface area contributed by atoms with Crippen LogP contribution in [0.1, 0.15) is 20.8 Å². The molecule has 0 aliphatic carbocycles. The maximum Gasteiger partial charge on any atom is 0.136 e. The minimum Gasteiger partial charge on any atom is -0.497 e. The largest absolute Gasteiger partial charge is 0.497 e. The summed E-state index contributed by atoms with van der Waals surface area (Å²) >= 11 is 1.79. The fourth-order valence-corrected chi connectivity index (χ4v) is 2.23. The van der Waals surface area contributed by atoms with E-state index < -0.39 is 0 Å². The molecule has 84 valence electrons. The lowest BCUT2D eigenvalue weighted by molar-refractivity contribution is 0.387. The molecule has 3 heteroatoms. The third kappa shape index (κ3) is 3.67. The van der Waals surface area contributed by atoms with Gasteiger partial charge >= 0.3 is 0 Å². The molecule has 0 fully saturated rings. The normalized spacial score (nSPS) is 11.3. The summed E-state index contributed by atoms with van der Waals surface area (Å²) in [5, 5.41) is 0. The maximum atomic E-state index is 5.33. The standard InChI is InChI=1S/C12H18O2S/c1-12(2,3)15-11-7-6-9(13-4)8-10(11)14-5/h6-8H,1-5H3. The number of ether oxygens (including phenoxy) is 2. The molecule has 15 heavy (non-hydrogen) atoms. The summed E-state index contributed by atoms with van der Waals surface area (Å²) in [7, 11) is 3.34. The topological polar surface area (TPSA) is 18.5 Å². The van der Waals surface area contributed by atoms with Gasteiger partial charge in [0.25, 0.3) is 0 Å². The lowest BCUT2D eigenvalue weighted by Crippen LogP contribution is -2.07. The Morgan fingerprint density at radius 1 is 1.07 bits per heavy atom. The number of hydrogen-bond acceptors (Lipinski definition) is 3. The van der Waals surface area contributed by atoms with Crippen molar-refractivity contribution < 1.29 is 9.47 Å². The van der Waals surface area contributed by atoms with Gasteiger partial charge in [0.2, 0.25) is 0 Å². The lowest BCUT2D eigenvalue weighted by Gasteiger charge is -2.19. The molecule has 1 aromatic carbocycles. The van der Waals surface area contributed by atoms with Gasteiger partial charge in [-0.3, -0.25) is 0 Å². The van der Waals surface area contributed by atoms with Gasteiger partial charge in [0.05, 0.1) is 19.1 Å². The first-order valence-corrected chi connectivity index (χ1v) is 5.69. The molecule has 0 atom stereocenters. The smallest absolute Gasteiger partial charge is 0.136 e. The van der Waals surface area contributed by atoms with Crippen LogP contribution >= 0.6 is 11.8 Å². The molecule has 0 N–H and O–H groups in total. The Morgan fingerprint density at radius 3 is 2.20 bits per heavy atom. The summed E-state index contributed by atoms with van der Waals surface area (Å²) in [6.45, 7) is 6.55. The summed E-state index contributed by atoms with van der Waals surface area (Å²) in [5.74, 6) is 1.69. The molecule has 0 bridgehead atoms. The van der Waals surface area contributed by atoms with Gasteiger partial charge in [0.15, 0.2) is 0 Å². The molecule has 0 aliphatic heterocycles. The van der Waals surface area contributed by atoms with Crippen molar-refractivity contribution in [2.24, 2.45) is 0 Å². The molecular formula is C12H18O2S. The molecule has 0 spiro atoms. The van der Waals surface area contributed by atoms with Crippen LogP contribution in [0.25, 0.3) is 0 Å². The summed E-state index contributed by atoms with van der Waals surface area (Å²) in [6.07, 6.45) is 0. The second-order valence-corrected chi connectivity index (χ2v) is 6.10. The van der Waals surface area contributed by atoms with Crippen LogP contribution in [0, 0.1) is 0 Å². The Labute approximate surface area is 96.0 Å². The molecule has 0 saturated carbocycles. The van der Waals surface area contributed by atoms with E-state index in [0.717, 1.165) is 16.4 Å². The van der Waals surface area contributed by atoms with Crippen LogP contribution < -0.4 is 9.47 Å². The van der Waals surface area contributed by atoms with Crippen molar-refractivity contribution in [1.82, 2.24) is 0 Å². The number of methoxy groups -OCH3 is 2. The Bertz CT molecular complexity index is 329. The maximum absolute atomic E-state index is 5.33. The Morgan fingerprint density at radius 2 is 1.73 bits per heavy atom. The molecular weight excluding hydrogens is 208 g/mol. The van der Waals surface area contributed by atoms with Crippen molar-refractivity contribution in [3.63, 3.8) is 0 Å². The highest BCUT2D eigenvalue weighted by molar-refractivity contribution is 8.00. The molecule has 0 amide bonds. The lowest BCUT2D eigenvalue weighted by atomic mass is 10.3. The molecule has 0 unspecified atom stereocenters. The number of rotatable bonds is 3. The SMILES string of the molecule is COc1ccc(SC(C)(C)C)c(OC)c1. The average molecular weight is 226 g/mol. The van der Waals surface area contributed by atoms with Gasteiger partial charge in [0.1, 0.15) is 11.5 Å². The third-order valence-corrected chi connectivity index (χ3v) is 2.96. The fraction of sp³-hybridized carbons (Fsp3) is 0.500. The summed E-state index contributed by atoms with van der Waals surface area (Å²) in [4.78, 5) is 1.14. The third-order valence-electron chi connectivity index (χ3n) is 1.79. The van der Waals surface area contributed by atoms with Gasteiger partial charge < -0.3 is 9.47 Å². The summed E-state index contributed by atoms with van der Waals surface area (Å²) in [5.41, 5.74) is 0. The Hall–Kier alpha value is -0.830. The van der Waals surface area contributed by atoms with E-state index in [1.807, 2.05) is 18.2 Å². The highest BCUT2D eigenvalue weighted by Crippen LogP contribution is 2.39. The molecule has 0 aromatic heterocycles.